The molecule has 1 aromatic heterocycles. The number of ether oxygens (including phenoxy) is 1. The number of aromatic carboxylic acids is 1. The zero-order valence-corrected chi connectivity index (χ0v) is 13.0. The van der Waals surface area contributed by atoms with E-state index in [0.29, 0.717) is 11.4 Å². The lowest BCUT2D eigenvalue weighted by molar-refractivity contribution is 0.0702. The van der Waals surface area contributed by atoms with Gasteiger partial charge in [0.25, 0.3) is 0 Å². The number of anilines is 1. The molecular formula is C16H19NO3S. The van der Waals surface area contributed by atoms with E-state index in [0.717, 1.165) is 34.9 Å². The summed E-state index contributed by atoms with van der Waals surface area (Å²) in [5.41, 5.74) is 2.00. The average Bonchev–Trinajstić information content (AvgIpc) is 2.85. The van der Waals surface area contributed by atoms with Crippen molar-refractivity contribution in [3.8, 4) is 5.75 Å². The Hall–Kier alpha value is -2.01. The summed E-state index contributed by atoms with van der Waals surface area (Å²) >= 11 is 1.31. The lowest BCUT2D eigenvalue weighted by Gasteiger charge is -2.08. The van der Waals surface area contributed by atoms with E-state index in [-0.39, 0.29) is 0 Å². The molecule has 2 N–H and O–H groups in total. The largest absolute Gasteiger partial charge is 0.494 e. The van der Waals surface area contributed by atoms with Gasteiger partial charge >= 0.3 is 5.97 Å². The summed E-state index contributed by atoms with van der Waals surface area (Å²) in [6, 6.07) is 9.52. The van der Waals surface area contributed by atoms with Crippen LogP contribution < -0.4 is 10.1 Å². The van der Waals surface area contributed by atoms with Crippen LogP contribution in [0.4, 0.5) is 5.69 Å². The second kappa shape index (κ2) is 7.13. The summed E-state index contributed by atoms with van der Waals surface area (Å²) in [6.07, 6.45) is 0.989. The van der Waals surface area contributed by atoms with Gasteiger partial charge in [0.2, 0.25) is 0 Å². The minimum atomic E-state index is -0.869. The van der Waals surface area contributed by atoms with E-state index in [2.05, 4.69) is 12.2 Å². The Kier molecular flexibility index (Phi) is 5.22. The highest BCUT2D eigenvalue weighted by molar-refractivity contribution is 7.14. The molecule has 21 heavy (non-hydrogen) atoms. The predicted octanol–water partition coefficient (Wildman–Crippen LogP) is 4.16. The van der Waals surface area contributed by atoms with Crippen molar-refractivity contribution in [3.63, 3.8) is 0 Å². The van der Waals surface area contributed by atoms with Crippen molar-refractivity contribution in [3.05, 3.63) is 45.6 Å². The molecule has 0 aliphatic rings. The maximum absolute atomic E-state index is 10.9. The average molecular weight is 305 g/mol. The van der Waals surface area contributed by atoms with E-state index in [9.17, 15) is 4.79 Å². The number of thiophene rings is 1. The summed E-state index contributed by atoms with van der Waals surface area (Å²) in [4.78, 5) is 12.4. The second-order valence-corrected chi connectivity index (χ2v) is 5.98. The molecule has 0 amide bonds. The number of aryl methyl sites for hydroxylation is 1. The molecule has 0 saturated heterocycles. The minimum absolute atomic E-state index is 0.382. The fourth-order valence-electron chi connectivity index (χ4n) is 1.89. The summed E-state index contributed by atoms with van der Waals surface area (Å²) in [5.74, 6) is -0.00551. The maximum Gasteiger partial charge on any atom is 0.345 e. The summed E-state index contributed by atoms with van der Waals surface area (Å²) in [7, 11) is 0. The van der Waals surface area contributed by atoms with Crippen LogP contribution >= 0.6 is 11.3 Å². The van der Waals surface area contributed by atoms with Crippen LogP contribution in [0.1, 0.15) is 33.5 Å². The molecule has 0 radical (unpaired) electrons. The van der Waals surface area contributed by atoms with Crippen LogP contribution in [0.25, 0.3) is 0 Å². The molecule has 2 aromatic rings. The third-order valence-corrected chi connectivity index (χ3v) is 4.12. The van der Waals surface area contributed by atoms with Gasteiger partial charge in [-0.25, -0.2) is 4.79 Å². The first-order valence-electron chi connectivity index (χ1n) is 6.89. The number of carboxylic acid groups (broad SMARTS) is 1. The molecule has 0 aliphatic carbocycles. The van der Waals surface area contributed by atoms with E-state index >= 15 is 0 Å². The zero-order valence-electron chi connectivity index (χ0n) is 12.2. The Bertz CT molecular complexity index is 604. The quantitative estimate of drug-likeness (QED) is 0.806. The molecule has 0 atom stereocenters. The number of benzene rings is 1. The normalized spacial score (nSPS) is 10.4. The molecule has 1 aromatic carbocycles. The van der Waals surface area contributed by atoms with Gasteiger partial charge in [0.15, 0.2) is 0 Å². The fraction of sp³-hybridized carbons (Fsp3) is 0.312. The Balaban J connectivity index is 1.95. The molecule has 0 aliphatic heterocycles. The molecule has 2 rings (SSSR count). The summed E-state index contributed by atoms with van der Waals surface area (Å²) < 4.78 is 5.53. The molecule has 0 bridgehead atoms. The standard InChI is InChI=1S/C16H19NO3S/c1-3-8-20-14-6-4-13(5-7-14)17-10-12-9-15(16(18)19)21-11(12)2/h4-7,9,17H,3,8,10H2,1-2H3,(H,18,19). The van der Waals surface area contributed by atoms with Gasteiger partial charge in [0, 0.05) is 17.1 Å². The van der Waals surface area contributed by atoms with Gasteiger partial charge in [0.05, 0.1) is 6.61 Å². The van der Waals surface area contributed by atoms with E-state index < -0.39 is 5.97 Å². The van der Waals surface area contributed by atoms with E-state index in [1.807, 2.05) is 31.2 Å². The van der Waals surface area contributed by atoms with Gasteiger partial charge in [0.1, 0.15) is 10.6 Å². The third-order valence-electron chi connectivity index (χ3n) is 3.04. The van der Waals surface area contributed by atoms with Crippen molar-refractivity contribution in [2.24, 2.45) is 0 Å². The number of hydrogen-bond donors (Lipinski definition) is 2. The van der Waals surface area contributed by atoms with E-state index in [1.165, 1.54) is 11.3 Å². The van der Waals surface area contributed by atoms with Gasteiger partial charge in [-0.3, -0.25) is 0 Å². The first-order valence-corrected chi connectivity index (χ1v) is 7.71. The molecule has 1 heterocycles. The Morgan fingerprint density at radius 2 is 2.05 bits per heavy atom. The van der Waals surface area contributed by atoms with Crippen LogP contribution in [0.3, 0.4) is 0 Å². The SMILES string of the molecule is CCCOc1ccc(NCc2cc(C(=O)O)sc2C)cc1. The van der Waals surface area contributed by atoms with E-state index in [4.69, 9.17) is 9.84 Å². The Morgan fingerprint density at radius 3 is 2.62 bits per heavy atom. The monoisotopic (exact) mass is 305 g/mol. The number of nitrogens with one attached hydrogen (secondary N) is 1. The Morgan fingerprint density at radius 1 is 1.33 bits per heavy atom. The highest BCUT2D eigenvalue weighted by Crippen LogP contribution is 2.23. The predicted molar refractivity (Wildman–Crippen MR) is 85.6 cm³/mol. The van der Waals surface area contributed by atoms with Crippen LogP contribution in [0.15, 0.2) is 30.3 Å². The van der Waals surface area contributed by atoms with Gasteiger partial charge in [-0.05, 0) is 49.2 Å². The Labute approximate surface area is 128 Å². The van der Waals surface area contributed by atoms with Crippen LogP contribution in [-0.2, 0) is 6.54 Å². The lowest BCUT2D eigenvalue weighted by Crippen LogP contribution is -2.00. The lowest BCUT2D eigenvalue weighted by atomic mass is 10.2. The minimum Gasteiger partial charge on any atom is -0.494 e. The molecule has 4 nitrogen and oxygen atoms in total. The van der Waals surface area contributed by atoms with Crippen molar-refractivity contribution in [1.82, 2.24) is 0 Å². The fourth-order valence-corrected chi connectivity index (χ4v) is 2.77. The first-order chi connectivity index (χ1) is 10.1. The smallest absolute Gasteiger partial charge is 0.345 e. The van der Waals surface area contributed by atoms with Crippen LogP contribution in [0.2, 0.25) is 0 Å². The van der Waals surface area contributed by atoms with Crippen molar-refractivity contribution < 1.29 is 14.6 Å². The number of hydrogen-bond acceptors (Lipinski definition) is 4. The van der Waals surface area contributed by atoms with Crippen molar-refractivity contribution in [1.29, 1.82) is 0 Å². The van der Waals surface area contributed by atoms with Crippen molar-refractivity contribution >= 4 is 23.0 Å². The van der Waals surface area contributed by atoms with Crippen LogP contribution in [0, 0.1) is 6.92 Å². The van der Waals surface area contributed by atoms with Crippen molar-refractivity contribution in [2.75, 3.05) is 11.9 Å². The van der Waals surface area contributed by atoms with E-state index in [1.54, 1.807) is 6.07 Å². The second-order valence-electron chi connectivity index (χ2n) is 4.72. The summed E-state index contributed by atoms with van der Waals surface area (Å²) in [5, 5.41) is 12.3. The first kappa shape index (κ1) is 15.4. The van der Waals surface area contributed by atoms with Gasteiger partial charge < -0.3 is 15.2 Å². The molecule has 0 fully saturated rings. The number of carboxylic acids is 1. The molecular weight excluding hydrogens is 286 g/mol. The van der Waals surface area contributed by atoms with Gasteiger partial charge in [-0.2, -0.15) is 0 Å². The van der Waals surface area contributed by atoms with Crippen molar-refractivity contribution in [2.45, 2.75) is 26.8 Å². The maximum atomic E-state index is 10.9. The zero-order chi connectivity index (χ0) is 15.2. The molecule has 5 heteroatoms. The highest BCUT2D eigenvalue weighted by atomic mass is 32.1. The highest BCUT2D eigenvalue weighted by Gasteiger charge is 2.10. The number of rotatable bonds is 7. The number of carbonyl (C=O) groups is 1. The topological polar surface area (TPSA) is 58.6 Å². The van der Waals surface area contributed by atoms with Crippen LogP contribution in [-0.4, -0.2) is 17.7 Å². The molecule has 112 valence electrons. The molecule has 0 unspecified atom stereocenters. The third kappa shape index (κ3) is 4.23. The molecule has 0 spiro atoms. The summed E-state index contributed by atoms with van der Waals surface area (Å²) in [6.45, 7) is 5.35. The van der Waals surface area contributed by atoms with Crippen LogP contribution in [0.5, 0.6) is 5.75 Å². The van der Waals surface area contributed by atoms with Gasteiger partial charge in [-0.15, -0.1) is 11.3 Å². The molecule has 0 saturated carbocycles. The van der Waals surface area contributed by atoms with Gasteiger partial charge in [-0.1, -0.05) is 6.92 Å².